The van der Waals surface area contributed by atoms with Crippen molar-refractivity contribution in [1.29, 1.82) is 0 Å². The Morgan fingerprint density at radius 3 is 2.57 bits per heavy atom. The van der Waals surface area contributed by atoms with E-state index in [9.17, 15) is 27.2 Å². The second-order valence-electron chi connectivity index (χ2n) is 6.69. The predicted molar refractivity (Wildman–Crippen MR) is 93.2 cm³/mol. The average molecular weight is 393 g/mol. The third kappa shape index (κ3) is 3.22. The number of carbonyl (C=O) groups is 2. The summed E-state index contributed by atoms with van der Waals surface area (Å²) in [7, 11) is 0. The molecule has 0 spiro atoms. The van der Waals surface area contributed by atoms with Crippen LogP contribution in [0.1, 0.15) is 15.9 Å². The monoisotopic (exact) mass is 393 g/mol. The zero-order chi connectivity index (χ0) is 20.1. The molecule has 1 fully saturated rings. The van der Waals surface area contributed by atoms with E-state index < -0.39 is 29.5 Å². The Morgan fingerprint density at radius 2 is 1.82 bits per heavy atom. The van der Waals surface area contributed by atoms with Crippen molar-refractivity contribution in [1.82, 2.24) is 10.2 Å². The zero-order valence-corrected chi connectivity index (χ0v) is 14.4. The van der Waals surface area contributed by atoms with Gasteiger partial charge in [-0.05, 0) is 41.5 Å². The molecule has 9 heteroatoms. The molecule has 2 N–H and O–H groups in total. The number of anilines is 1. The first-order chi connectivity index (χ1) is 13.2. The van der Waals surface area contributed by atoms with E-state index in [1.165, 1.54) is 23.1 Å². The maximum absolute atomic E-state index is 13.8. The number of fused-ring (bicyclic) bond motifs is 2. The van der Waals surface area contributed by atoms with Gasteiger partial charge in [0.1, 0.15) is 11.9 Å². The van der Waals surface area contributed by atoms with Crippen molar-refractivity contribution in [3.05, 3.63) is 53.3 Å². The van der Waals surface area contributed by atoms with Gasteiger partial charge in [0.2, 0.25) is 5.91 Å². The third-order valence-electron chi connectivity index (χ3n) is 4.87. The fourth-order valence-corrected chi connectivity index (χ4v) is 3.48. The summed E-state index contributed by atoms with van der Waals surface area (Å²) < 4.78 is 52.8. The zero-order valence-electron chi connectivity index (χ0n) is 14.4. The van der Waals surface area contributed by atoms with Crippen molar-refractivity contribution < 1.29 is 27.2 Å². The number of carbonyl (C=O) groups excluding carboxylic acids is 2. The summed E-state index contributed by atoms with van der Waals surface area (Å²) in [6, 6.07) is 5.85. The van der Waals surface area contributed by atoms with Gasteiger partial charge in [0.15, 0.2) is 0 Å². The van der Waals surface area contributed by atoms with Crippen LogP contribution in [0.15, 0.2) is 36.4 Å². The number of rotatable bonds is 1. The van der Waals surface area contributed by atoms with Gasteiger partial charge < -0.3 is 15.5 Å². The highest BCUT2D eigenvalue weighted by Crippen LogP contribution is 2.35. The predicted octanol–water partition coefficient (Wildman–Crippen LogP) is 2.88. The van der Waals surface area contributed by atoms with Gasteiger partial charge in [0.05, 0.1) is 16.8 Å². The second kappa shape index (κ2) is 6.59. The molecular weight excluding hydrogens is 378 g/mol. The largest absolute Gasteiger partial charge is 0.416 e. The summed E-state index contributed by atoms with van der Waals surface area (Å²) >= 11 is 0. The second-order valence-corrected chi connectivity index (χ2v) is 6.69. The maximum atomic E-state index is 13.8. The number of nitrogens with one attached hydrogen (secondary N) is 2. The van der Waals surface area contributed by atoms with Gasteiger partial charge in [-0.15, -0.1) is 0 Å². The fourth-order valence-electron chi connectivity index (χ4n) is 3.48. The van der Waals surface area contributed by atoms with E-state index in [-0.39, 0.29) is 28.3 Å². The van der Waals surface area contributed by atoms with Crippen LogP contribution in [-0.2, 0) is 11.0 Å². The first-order valence-electron chi connectivity index (χ1n) is 8.59. The van der Waals surface area contributed by atoms with E-state index in [4.69, 9.17) is 0 Å². The first-order valence-corrected chi connectivity index (χ1v) is 8.59. The highest BCUT2D eigenvalue weighted by atomic mass is 19.4. The molecule has 2 aromatic carbocycles. The van der Waals surface area contributed by atoms with Crippen molar-refractivity contribution in [2.24, 2.45) is 0 Å². The van der Waals surface area contributed by atoms with E-state index in [1.807, 2.05) is 0 Å². The number of nitrogens with zero attached hydrogens (tertiary/aromatic N) is 1. The van der Waals surface area contributed by atoms with Crippen LogP contribution in [0.3, 0.4) is 0 Å². The molecule has 2 aromatic rings. The average Bonchev–Trinajstić information content (AvgIpc) is 2.76. The molecule has 0 bridgehead atoms. The lowest BCUT2D eigenvalue weighted by Crippen LogP contribution is -2.57. The normalized spacial score (nSPS) is 19.6. The van der Waals surface area contributed by atoms with Gasteiger partial charge in [-0.25, -0.2) is 4.39 Å². The standard InChI is InChI=1S/C19H15F4N3O2/c20-13-6-11(5-12(8-13)19(21,22)23)10-1-2-15-14(7-10)18(28)26-4-3-24-9-16(26)17(27)25-15/h1-2,5-8,16,24H,3-4,9H2,(H,25,27)/t16-/m0/s1. The van der Waals surface area contributed by atoms with Crippen molar-refractivity contribution in [3.63, 3.8) is 0 Å². The Balaban J connectivity index is 1.79. The molecule has 1 saturated heterocycles. The Bertz CT molecular complexity index is 974. The highest BCUT2D eigenvalue weighted by molar-refractivity contribution is 6.10. The van der Waals surface area contributed by atoms with Crippen LogP contribution >= 0.6 is 0 Å². The SMILES string of the molecule is O=C1Nc2ccc(-c3cc(F)cc(C(F)(F)F)c3)cc2C(=O)N2CCNC[C@@H]12. The lowest BCUT2D eigenvalue weighted by Gasteiger charge is -2.33. The van der Waals surface area contributed by atoms with Crippen LogP contribution < -0.4 is 10.6 Å². The smallest absolute Gasteiger partial charge is 0.324 e. The van der Waals surface area contributed by atoms with Gasteiger partial charge in [0.25, 0.3) is 5.91 Å². The van der Waals surface area contributed by atoms with E-state index in [2.05, 4.69) is 10.6 Å². The maximum Gasteiger partial charge on any atom is 0.416 e. The van der Waals surface area contributed by atoms with Gasteiger partial charge in [-0.1, -0.05) is 6.07 Å². The van der Waals surface area contributed by atoms with Crippen molar-refractivity contribution in [3.8, 4) is 11.1 Å². The molecular formula is C19H15F4N3O2. The minimum atomic E-state index is -4.69. The summed E-state index contributed by atoms with van der Waals surface area (Å²) in [6.07, 6.45) is -4.69. The molecule has 0 aliphatic carbocycles. The molecule has 0 aromatic heterocycles. The molecule has 0 unspecified atom stereocenters. The Labute approximate surface area is 157 Å². The van der Waals surface area contributed by atoms with Crippen LogP contribution in [0.4, 0.5) is 23.2 Å². The lowest BCUT2D eigenvalue weighted by atomic mass is 9.99. The van der Waals surface area contributed by atoms with Crippen LogP contribution in [-0.4, -0.2) is 42.4 Å². The first kappa shape index (κ1) is 18.4. The Morgan fingerprint density at radius 1 is 1.04 bits per heavy atom. The number of hydrogen-bond acceptors (Lipinski definition) is 3. The molecule has 5 nitrogen and oxygen atoms in total. The molecule has 2 heterocycles. The summed E-state index contributed by atoms with van der Waals surface area (Å²) in [5.41, 5.74) is -0.428. The number of halogens is 4. The Hall–Kier alpha value is -2.94. The summed E-state index contributed by atoms with van der Waals surface area (Å²) in [5.74, 6) is -1.76. The van der Waals surface area contributed by atoms with Gasteiger partial charge in [-0.2, -0.15) is 13.2 Å². The lowest BCUT2D eigenvalue weighted by molar-refractivity contribution is -0.137. The van der Waals surface area contributed by atoms with E-state index in [0.717, 1.165) is 12.1 Å². The quantitative estimate of drug-likeness (QED) is 0.733. The highest BCUT2D eigenvalue weighted by Gasteiger charge is 2.37. The van der Waals surface area contributed by atoms with E-state index in [0.29, 0.717) is 25.7 Å². The fraction of sp³-hybridized carbons (Fsp3) is 0.263. The summed E-state index contributed by atoms with van der Waals surface area (Å²) in [6.45, 7) is 1.18. The molecule has 146 valence electrons. The summed E-state index contributed by atoms with van der Waals surface area (Å²) in [4.78, 5) is 26.8. The third-order valence-corrected chi connectivity index (χ3v) is 4.87. The van der Waals surface area contributed by atoms with Crippen molar-refractivity contribution >= 4 is 17.5 Å². The van der Waals surface area contributed by atoms with Crippen LogP contribution in [0.2, 0.25) is 0 Å². The van der Waals surface area contributed by atoms with Crippen molar-refractivity contribution in [2.45, 2.75) is 12.2 Å². The van der Waals surface area contributed by atoms with Crippen LogP contribution in [0, 0.1) is 5.82 Å². The molecule has 0 radical (unpaired) electrons. The van der Waals surface area contributed by atoms with Gasteiger partial charge >= 0.3 is 6.18 Å². The Kier molecular flexibility index (Phi) is 4.34. The molecule has 4 rings (SSSR count). The molecule has 2 aliphatic rings. The topological polar surface area (TPSA) is 61.4 Å². The molecule has 1 atom stereocenters. The van der Waals surface area contributed by atoms with E-state index >= 15 is 0 Å². The van der Waals surface area contributed by atoms with Gasteiger partial charge in [-0.3, -0.25) is 9.59 Å². The molecule has 28 heavy (non-hydrogen) atoms. The number of hydrogen-bond donors (Lipinski definition) is 2. The number of amides is 2. The van der Waals surface area contributed by atoms with Crippen LogP contribution in [0.25, 0.3) is 11.1 Å². The number of alkyl halides is 3. The number of benzene rings is 2. The van der Waals surface area contributed by atoms with E-state index in [1.54, 1.807) is 0 Å². The minimum absolute atomic E-state index is 0.00430. The van der Waals surface area contributed by atoms with Crippen molar-refractivity contribution in [2.75, 3.05) is 25.0 Å². The molecule has 0 saturated carbocycles. The minimum Gasteiger partial charge on any atom is -0.324 e. The number of piperazine rings is 1. The van der Waals surface area contributed by atoms with Crippen LogP contribution in [0.5, 0.6) is 0 Å². The molecule has 2 amide bonds. The molecule has 2 aliphatic heterocycles. The van der Waals surface area contributed by atoms with Gasteiger partial charge in [0, 0.05) is 19.6 Å². The summed E-state index contributed by atoms with van der Waals surface area (Å²) in [5, 5.41) is 5.73.